The van der Waals surface area contributed by atoms with Gasteiger partial charge in [0.15, 0.2) is 0 Å². The van der Waals surface area contributed by atoms with Crippen molar-refractivity contribution in [3.8, 4) is 0 Å². The Morgan fingerprint density at radius 2 is 1.87 bits per heavy atom. The number of amides is 1. The van der Waals surface area contributed by atoms with Gasteiger partial charge in [-0.2, -0.15) is 13.2 Å². The molecule has 0 radical (unpaired) electrons. The predicted octanol–water partition coefficient (Wildman–Crippen LogP) is 6.58. The molecule has 1 atom stereocenters. The second kappa shape index (κ2) is 10.0. The van der Waals surface area contributed by atoms with Crippen molar-refractivity contribution in [2.45, 2.75) is 58.0 Å². The fraction of sp³-hybridized carbons (Fsp3) is 0.400. The number of aromatic nitrogens is 1. The maximum Gasteiger partial charge on any atom is 0.416 e. The van der Waals surface area contributed by atoms with E-state index in [-0.39, 0.29) is 12.3 Å². The molecule has 0 saturated heterocycles. The van der Waals surface area contributed by atoms with Gasteiger partial charge >= 0.3 is 6.18 Å². The molecule has 2 N–H and O–H groups in total. The monoisotopic (exact) mass is 430 g/mol. The molecule has 6 heteroatoms. The van der Waals surface area contributed by atoms with Crippen LogP contribution in [0.5, 0.6) is 0 Å². The standard InChI is InChI=1S/C25H29F3N2O/c1-3-5-6-13-29-23(31)15-21(18-10-7-11-19(14-18)25(26,27)28)22-16-30-24-17(4-2)9-8-12-20(22)24/h7-12,14,16,21,30H,3-6,13,15H2,1-2H3,(H,29,31)/t21-/m0/s1. The number of carbonyl (C=O) groups excluding carboxylic acids is 1. The number of halogens is 3. The van der Waals surface area contributed by atoms with Gasteiger partial charge in [-0.25, -0.2) is 0 Å². The van der Waals surface area contributed by atoms with Crippen LogP contribution in [0.4, 0.5) is 13.2 Å². The largest absolute Gasteiger partial charge is 0.416 e. The minimum Gasteiger partial charge on any atom is -0.361 e. The molecule has 1 aromatic heterocycles. The van der Waals surface area contributed by atoms with Gasteiger partial charge in [-0.3, -0.25) is 4.79 Å². The molecule has 31 heavy (non-hydrogen) atoms. The normalized spacial score (nSPS) is 12.8. The van der Waals surface area contributed by atoms with Crippen molar-refractivity contribution in [2.24, 2.45) is 0 Å². The number of unbranched alkanes of at least 4 members (excludes halogenated alkanes) is 2. The average Bonchev–Trinajstić information content (AvgIpc) is 3.18. The highest BCUT2D eigenvalue weighted by Gasteiger charge is 2.32. The molecule has 1 amide bonds. The Hall–Kier alpha value is -2.76. The summed E-state index contributed by atoms with van der Waals surface area (Å²) < 4.78 is 40.0. The van der Waals surface area contributed by atoms with Crippen LogP contribution in [-0.4, -0.2) is 17.4 Å². The number of fused-ring (bicyclic) bond motifs is 1. The molecule has 3 aromatic rings. The summed E-state index contributed by atoms with van der Waals surface area (Å²) >= 11 is 0. The SMILES string of the molecule is CCCCCNC(=O)C[C@@H](c1cccc(C(F)(F)F)c1)c1c[nH]c2c(CC)cccc12. The lowest BCUT2D eigenvalue weighted by Gasteiger charge is -2.19. The number of hydrogen-bond donors (Lipinski definition) is 2. The lowest BCUT2D eigenvalue weighted by Crippen LogP contribution is -2.26. The Bertz CT molecular complexity index is 1020. The van der Waals surface area contributed by atoms with Crippen LogP contribution in [0.3, 0.4) is 0 Å². The van der Waals surface area contributed by atoms with E-state index in [2.05, 4.69) is 24.1 Å². The zero-order valence-electron chi connectivity index (χ0n) is 18.0. The first kappa shape index (κ1) is 22.9. The zero-order chi connectivity index (χ0) is 22.4. The van der Waals surface area contributed by atoms with Crippen LogP contribution < -0.4 is 5.32 Å². The molecule has 166 valence electrons. The Kier molecular flexibility index (Phi) is 7.42. The molecular weight excluding hydrogens is 401 g/mol. The second-order valence-corrected chi connectivity index (χ2v) is 7.87. The van der Waals surface area contributed by atoms with Crippen molar-refractivity contribution in [1.29, 1.82) is 0 Å². The quantitative estimate of drug-likeness (QED) is 0.370. The third kappa shape index (κ3) is 5.49. The van der Waals surface area contributed by atoms with Crippen LogP contribution in [0.25, 0.3) is 10.9 Å². The van der Waals surface area contributed by atoms with Gasteiger partial charge in [0.05, 0.1) is 5.56 Å². The number of aromatic amines is 1. The summed E-state index contributed by atoms with van der Waals surface area (Å²) in [6, 6.07) is 11.3. The van der Waals surface area contributed by atoms with Gasteiger partial charge in [-0.1, -0.05) is 63.1 Å². The molecule has 0 spiro atoms. The first-order valence-electron chi connectivity index (χ1n) is 10.9. The summed E-state index contributed by atoms with van der Waals surface area (Å²) in [6.45, 7) is 4.73. The Labute approximate surface area is 181 Å². The lowest BCUT2D eigenvalue weighted by molar-refractivity contribution is -0.137. The molecule has 0 aliphatic rings. The zero-order valence-corrected chi connectivity index (χ0v) is 18.0. The van der Waals surface area contributed by atoms with E-state index < -0.39 is 17.7 Å². The summed E-state index contributed by atoms with van der Waals surface area (Å²) in [5, 5.41) is 3.87. The fourth-order valence-electron chi connectivity index (χ4n) is 4.02. The summed E-state index contributed by atoms with van der Waals surface area (Å²) in [6.07, 6.45) is 1.30. The maximum absolute atomic E-state index is 13.3. The van der Waals surface area contributed by atoms with Gasteiger partial charge in [-0.15, -0.1) is 0 Å². The number of rotatable bonds is 9. The third-order valence-corrected chi connectivity index (χ3v) is 5.70. The highest BCUT2D eigenvalue weighted by Crippen LogP contribution is 2.37. The average molecular weight is 431 g/mol. The van der Waals surface area contributed by atoms with E-state index in [0.29, 0.717) is 12.1 Å². The molecule has 0 aliphatic carbocycles. The first-order valence-corrected chi connectivity index (χ1v) is 10.9. The van der Waals surface area contributed by atoms with Gasteiger partial charge in [0.1, 0.15) is 0 Å². The van der Waals surface area contributed by atoms with E-state index in [0.717, 1.165) is 59.8 Å². The Balaban J connectivity index is 1.99. The Morgan fingerprint density at radius 3 is 2.58 bits per heavy atom. The number of alkyl halides is 3. The smallest absolute Gasteiger partial charge is 0.361 e. The van der Waals surface area contributed by atoms with Crippen LogP contribution in [0.2, 0.25) is 0 Å². The van der Waals surface area contributed by atoms with Gasteiger partial charge < -0.3 is 10.3 Å². The highest BCUT2D eigenvalue weighted by molar-refractivity contribution is 5.88. The number of para-hydroxylation sites is 1. The van der Waals surface area contributed by atoms with Gasteiger partial charge in [-0.05, 0) is 35.6 Å². The number of H-pyrrole nitrogens is 1. The number of nitrogens with one attached hydrogen (secondary N) is 2. The number of aryl methyl sites for hydroxylation is 1. The number of benzene rings is 2. The van der Waals surface area contributed by atoms with Crippen molar-refractivity contribution in [2.75, 3.05) is 6.54 Å². The fourth-order valence-corrected chi connectivity index (χ4v) is 4.02. The molecule has 0 unspecified atom stereocenters. The number of carbonyl (C=O) groups is 1. The number of hydrogen-bond acceptors (Lipinski definition) is 1. The molecular formula is C25H29F3N2O. The summed E-state index contributed by atoms with van der Waals surface area (Å²) in [7, 11) is 0. The van der Waals surface area contributed by atoms with E-state index >= 15 is 0 Å². The molecule has 3 nitrogen and oxygen atoms in total. The van der Waals surface area contributed by atoms with Crippen molar-refractivity contribution in [1.82, 2.24) is 10.3 Å². The van der Waals surface area contributed by atoms with Crippen LogP contribution in [0.15, 0.2) is 48.7 Å². The molecule has 0 fully saturated rings. The molecule has 0 saturated carbocycles. The minimum atomic E-state index is -4.43. The molecule has 2 aromatic carbocycles. The van der Waals surface area contributed by atoms with Crippen molar-refractivity contribution in [3.05, 3.63) is 70.9 Å². The van der Waals surface area contributed by atoms with Gasteiger partial charge in [0, 0.05) is 36.0 Å². The first-order chi connectivity index (χ1) is 14.8. The van der Waals surface area contributed by atoms with Crippen LogP contribution in [0, 0.1) is 0 Å². The summed E-state index contributed by atoms with van der Waals surface area (Å²) in [5.74, 6) is -0.631. The molecule has 0 aliphatic heterocycles. The lowest BCUT2D eigenvalue weighted by atomic mass is 9.86. The minimum absolute atomic E-state index is 0.0940. The molecule has 1 heterocycles. The van der Waals surface area contributed by atoms with Gasteiger partial charge in [0.25, 0.3) is 0 Å². The van der Waals surface area contributed by atoms with Crippen LogP contribution in [0.1, 0.15) is 67.7 Å². The Morgan fingerprint density at radius 1 is 1.10 bits per heavy atom. The van der Waals surface area contributed by atoms with E-state index in [1.165, 1.54) is 6.07 Å². The van der Waals surface area contributed by atoms with Crippen LogP contribution >= 0.6 is 0 Å². The van der Waals surface area contributed by atoms with Crippen molar-refractivity contribution >= 4 is 16.8 Å². The molecule has 3 rings (SSSR count). The predicted molar refractivity (Wildman–Crippen MR) is 118 cm³/mol. The summed E-state index contributed by atoms with van der Waals surface area (Å²) in [5.41, 5.74) is 2.73. The maximum atomic E-state index is 13.3. The van der Waals surface area contributed by atoms with Gasteiger partial charge in [0.2, 0.25) is 5.91 Å². The van der Waals surface area contributed by atoms with Crippen LogP contribution in [-0.2, 0) is 17.4 Å². The van der Waals surface area contributed by atoms with E-state index in [1.807, 2.05) is 24.4 Å². The summed E-state index contributed by atoms with van der Waals surface area (Å²) in [4.78, 5) is 16.0. The topological polar surface area (TPSA) is 44.9 Å². The highest BCUT2D eigenvalue weighted by atomic mass is 19.4. The molecule has 0 bridgehead atoms. The van der Waals surface area contributed by atoms with Crippen molar-refractivity contribution < 1.29 is 18.0 Å². The third-order valence-electron chi connectivity index (χ3n) is 5.70. The second-order valence-electron chi connectivity index (χ2n) is 7.87. The van der Waals surface area contributed by atoms with E-state index in [9.17, 15) is 18.0 Å². The van der Waals surface area contributed by atoms with E-state index in [4.69, 9.17) is 0 Å². The van der Waals surface area contributed by atoms with E-state index in [1.54, 1.807) is 6.07 Å². The van der Waals surface area contributed by atoms with Crippen molar-refractivity contribution in [3.63, 3.8) is 0 Å².